The van der Waals surface area contributed by atoms with Crippen molar-refractivity contribution in [1.29, 1.82) is 0 Å². The highest BCUT2D eigenvalue weighted by Gasteiger charge is 2.40. The lowest BCUT2D eigenvalue weighted by Gasteiger charge is -2.16. The molecule has 0 bridgehead atoms. The highest BCUT2D eigenvalue weighted by Crippen LogP contribution is 2.30. The van der Waals surface area contributed by atoms with Gasteiger partial charge in [0.2, 0.25) is 5.91 Å². The molecule has 1 aromatic carbocycles. The predicted octanol–water partition coefficient (Wildman–Crippen LogP) is 2.00. The molecule has 0 aliphatic carbocycles. The fraction of sp³-hybridized carbons (Fsp3) is 0.267. The maximum absolute atomic E-state index is 12.5. The molecule has 1 fully saturated rings. The first-order valence-electron chi connectivity index (χ1n) is 6.49. The van der Waals surface area contributed by atoms with Crippen LogP contribution < -0.4 is 4.90 Å². The third-order valence-electron chi connectivity index (χ3n) is 3.47. The molecule has 1 aliphatic rings. The van der Waals surface area contributed by atoms with E-state index in [9.17, 15) is 9.59 Å². The van der Waals surface area contributed by atoms with Crippen LogP contribution in [0, 0.1) is 13.8 Å². The Labute approximate surface area is 116 Å². The van der Waals surface area contributed by atoms with Gasteiger partial charge in [-0.05, 0) is 37.1 Å². The van der Waals surface area contributed by atoms with E-state index in [1.54, 1.807) is 23.3 Å². The molecule has 1 aliphatic heterocycles. The molecule has 3 rings (SSSR count). The van der Waals surface area contributed by atoms with E-state index in [-0.39, 0.29) is 18.2 Å². The van der Waals surface area contributed by atoms with Crippen LogP contribution >= 0.6 is 0 Å². The standard InChI is InChI=1S/C15H15N3O2/c1-10-5-11(2)7-12(6-10)18-14(19)8-13(15(18)20)17-4-3-16-9-17/h3-7,9,13H,8H2,1-2H3/t13-/m0/s1. The number of amides is 2. The first-order chi connectivity index (χ1) is 9.56. The van der Waals surface area contributed by atoms with Gasteiger partial charge in [-0.2, -0.15) is 0 Å². The number of imide groups is 1. The van der Waals surface area contributed by atoms with Crippen molar-refractivity contribution in [1.82, 2.24) is 9.55 Å². The molecule has 2 aromatic rings. The second kappa shape index (κ2) is 4.59. The SMILES string of the molecule is Cc1cc(C)cc(N2C(=O)C[C@H](n3ccnc3)C2=O)c1. The lowest BCUT2D eigenvalue weighted by Crippen LogP contribution is -2.31. The fourth-order valence-corrected chi connectivity index (χ4v) is 2.65. The monoisotopic (exact) mass is 269 g/mol. The van der Waals surface area contributed by atoms with Crippen LogP contribution in [-0.2, 0) is 9.59 Å². The van der Waals surface area contributed by atoms with Gasteiger partial charge in [0.25, 0.3) is 5.91 Å². The summed E-state index contributed by atoms with van der Waals surface area (Å²) in [5.74, 6) is -0.364. The lowest BCUT2D eigenvalue weighted by molar-refractivity contribution is -0.122. The highest BCUT2D eigenvalue weighted by atomic mass is 16.2. The van der Waals surface area contributed by atoms with Crippen LogP contribution in [0.5, 0.6) is 0 Å². The summed E-state index contributed by atoms with van der Waals surface area (Å²) in [5, 5.41) is 0. The van der Waals surface area contributed by atoms with Crippen LogP contribution in [0.3, 0.4) is 0 Å². The number of carbonyl (C=O) groups is 2. The second-order valence-electron chi connectivity index (χ2n) is 5.14. The predicted molar refractivity (Wildman–Crippen MR) is 74.3 cm³/mol. The summed E-state index contributed by atoms with van der Waals surface area (Å²) in [4.78, 5) is 29.9. The molecule has 1 atom stereocenters. The van der Waals surface area contributed by atoms with Gasteiger partial charge in [0.05, 0.1) is 18.4 Å². The first-order valence-corrected chi connectivity index (χ1v) is 6.49. The number of hydrogen-bond donors (Lipinski definition) is 0. The fourth-order valence-electron chi connectivity index (χ4n) is 2.65. The minimum atomic E-state index is -0.481. The Morgan fingerprint density at radius 3 is 2.45 bits per heavy atom. The summed E-state index contributed by atoms with van der Waals surface area (Å²) in [5.41, 5.74) is 2.72. The van der Waals surface area contributed by atoms with E-state index in [1.807, 2.05) is 32.0 Å². The van der Waals surface area contributed by atoms with Crippen molar-refractivity contribution < 1.29 is 9.59 Å². The summed E-state index contributed by atoms with van der Waals surface area (Å²) in [6.07, 6.45) is 5.07. The summed E-state index contributed by atoms with van der Waals surface area (Å²) in [6.45, 7) is 3.91. The zero-order valence-corrected chi connectivity index (χ0v) is 11.4. The smallest absolute Gasteiger partial charge is 0.257 e. The molecule has 2 amide bonds. The van der Waals surface area contributed by atoms with Crippen LogP contribution in [0.25, 0.3) is 0 Å². The van der Waals surface area contributed by atoms with E-state index in [1.165, 1.54) is 4.90 Å². The molecule has 102 valence electrons. The van der Waals surface area contributed by atoms with Crippen molar-refractivity contribution in [3.63, 3.8) is 0 Å². The molecular formula is C15H15N3O2. The van der Waals surface area contributed by atoms with Crippen LogP contribution in [0.1, 0.15) is 23.6 Å². The van der Waals surface area contributed by atoms with Gasteiger partial charge in [-0.1, -0.05) is 6.07 Å². The Balaban J connectivity index is 1.98. The summed E-state index contributed by atoms with van der Waals surface area (Å²) < 4.78 is 1.68. The molecular weight excluding hydrogens is 254 g/mol. The third kappa shape index (κ3) is 2.01. The number of hydrogen-bond acceptors (Lipinski definition) is 3. The molecule has 0 N–H and O–H groups in total. The number of benzene rings is 1. The van der Waals surface area contributed by atoms with Crippen molar-refractivity contribution in [2.45, 2.75) is 26.3 Å². The van der Waals surface area contributed by atoms with Gasteiger partial charge in [-0.15, -0.1) is 0 Å². The number of rotatable bonds is 2. The molecule has 5 nitrogen and oxygen atoms in total. The molecule has 0 radical (unpaired) electrons. The Morgan fingerprint density at radius 1 is 1.15 bits per heavy atom. The maximum atomic E-state index is 12.5. The number of anilines is 1. The van der Waals surface area contributed by atoms with Crippen LogP contribution in [0.15, 0.2) is 36.9 Å². The molecule has 1 aromatic heterocycles. The van der Waals surface area contributed by atoms with Gasteiger partial charge >= 0.3 is 0 Å². The second-order valence-corrected chi connectivity index (χ2v) is 5.14. The molecule has 2 heterocycles. The van der Waals surface area contributed by atoms with Crippen molar-refractivity contribution in [3.05, 3.63) is 48.0 Å². The number of carbonyl (C=O) groups excluding carboxylic acids is 2. The van der Waals surface area contributed by atoms with Crippen molar-refractivity contribution in [2.24, 2.45) is 0 Å². The number of imidazole rings is 1. The normalized spacial score (nSPS) is 18.9. The van der Waals surface area contributed by atoms with E-state index in [0.717, 1.165) is 11.1 Å². The quantitative estimate of drug-likeness (QED) is 0.784. The minimum absolute atomic E-state index is 0.168. The van der Waals surface area contributed by atoms with E-state index in [2.05, 4.69) is 4.98 Å². The van der Waals surface area contributed by atoms with Crippen LogP contribution in [-0.4, -0.2) is 21.4 Å². The highest BCUT2D eigenvalue weighted by molar-refractivity contribution is 6.21. The number of aromatic nitrogens is 2. The molecule has 0 spiro atoms. The minimum Gasteiger partial charge on any atom is -0.324 e. The van der Waals surface area contributed by atoms with Gasteiger partial charge in [0, 0.05) is 12.4 Å². The van der Waals surface area contributed by atoms with Crippen LogP contribution in [0.2, 0.25) is 0 Å². The van der Waals surface area contributed by atoms with E-state index < -0.39 is 6.04 Å². The summed E-state index contributed by atoms with van der Waals surface area (Å²) >= 11 is 0. The Kier molecular flexibility index (Phi) is 2.89. The average Bonchev–Trinajstić information content (AvgIpc) is 2.96. The van der Waals surface area contributed by atoms with Crippen molar-refractivity contribution >= 4 is 17.5 Å². The van der Waals surface area contributed by atoms with E-state index in [0.29, 0.717) is 5.69 Å². The molecule has 1 saturated heterocycles. The van der Waals surface area contributed by atoms with Gasteiger partial charge in [-0.3, -0.25) is 9.59 Å². The van der Waals surface area contributed by atoms with Crippen LogP contribution in [0.4, 0.5) is 5.69 Å². The van der Waals surface area contributed by atoms with E-state index >= 15 is 0 Å². The van der Waals surface area contributed by atoms with Gasteiger partial charge in [-0.25, -0.2) is 9.88 Å². The zero-order valence-electron chi connectivity index (χ0n) is 11.4. The van der Waals surface area contributed by atoms with Gasteiger partial charge < -0.3 is 4.57 Å². The molecule has 20 heavy (non-hydrogen) atoms. The first kappa shape index (κ1) is 12.6. The van der Waals surface area contributed by atoms with Crippen molar-refractivity contribution in [2.75, 3.05) is 4.90 Å². The van der Waals surface area contributed by atoms with E-state index in [4.69, 9.17) is 0 Å². The average molecular weight is 269 g/mol. The molecule has 5 heteroatoms. The third-order valence-corrected chi connectivity index (χ3v) is 3.47. The largest absolute Gasteiger partial charge is 0.324 e. The molecule has 0 saturated carbocycles. The Morgan fingerprint density at radius 2 is 1.85 bits per heavy atom. The number of aryl methyl sites for hydroxylation is 2. The topological polar surface area (TPSA) is 55.2 Å². The Bertz CT molecular complexity index is 656. The van der Waals surface area contributed by atoms with Gasteiger partial charge in [0.15, 0.2) is 0 Å². The summed E-state index contributed by atoms with van der Waals surface area (Å²) in [6, 6.07) is 5.26. The zero-order chi connectivity index (χ0) is 14.3. The summed E-state index contributed by atoms with van der Waals surface area (Å²) in [7, 11) is 0. The lowest BCUT2D eigenvalue weighted by atomic mass is 10.1. The molecule has 0 unspecified atom stereocenters. The van der Waals surface area contributed by atoms with Crippen molar-refractivity contribution in [3.8, 4) is 0 Å². The Hall–Kier alpha value is -2.43. The van der Waals surface area contributed by atoms with Gasteiger partial charge in [0.1, 0.15) is 6.04 Å². The number of nitrogens with zero attached hydrogens (tertiary/aromatic N) is 3. The maximum Gasteiger partial charge on any atom is 0.257 e.